The number of hydrogen-bond donors (Lipinski definition) is 2. The second-order valence-corrected chi connectivity index (χ2v) is 10.5. The minimum absolute atomic E-state index is 0.00894. The van der Waals surface area contributed by atoms with Crippen LogP contribution in [0.2, 0.25) is 0 Å². The number of hydrogen-bond acceptors (Lipinski definition) is 6. The average Bonchev–Trinajstić information content (AvgIpc) is 2.94. The smallest absolute Gasteiger partial charge is 0.411 e. The fourth-order valence-electron chi connectivity index (χ4n) is 2.90. The van der Waals surface area contributed by atoms with Gasteiger partial charge < -0.3 is 14.4 Å². The molecule has 1 aliphatic carbocycles. The lowest BCUT2D eigenvalue weighted by atomic mass is 9.92. The van der Waals surface area contributed by atoms with Gasteiger partial charge in [0.15, 0.2) is 9.84 Å². The van der Waals surface area contributed by atoms with Crippen molar-refractivity contribution < 1.29 is 27.6 Å². The zero-order chi connectivity index (χ0) is 20.1. The Morgan fingerprint density at radius 2 is 1.89 bits per heavy atom. The second-order valence-electron chi connectivity index (χ2n) is 8.19. The number of carboxylic acid groups (broad SMARTS) is 1. The lowest BCUT2D eigenvalue weighted by Crippen LogP contribution is -2.34. The molecule has 2 heterocycles. The van der Waals surface area contributed by atoms with Crippen LogP contribution in [0.4, 0.5) is 10.7 Å². The molecule has 2 N–H and O–H groups in total. The first-order chi connectivity index (χ1) is 12.6. The van der Waals surface area contributed by atoms with E-state index in [0.717, 1.165) is 51.0 Å². The molecule has 3 rings (SSSR count). The van der Waals surface area contributed by atoms with E-state index in [1.807, 2.05) is 20.8 Å². The maximum atomic E-state index is 11.8. The molecule has 27 heavy (non-hydrogen) atoms. The topological polar surface area (TPSA) is 119 Å². The number of nitrogens with one attached hydrogen (secondary N) is 1. The lowest BCUT2D eigenvalue weighted by molar-refractivity contribution is 0.0722. The van der Waals surface area contributed by atoms with E-state index in [4.69, 9.17) is 14.4 Å². The second kappa shape index (κ2) is 9.05. The van der Waals surface area contributed by atoms with Gasteiger partial charge in [-0.15, -0.1) is 0 Å². The van der Waals surface area contributed by atoms with Crippen molar-refractivity contribution in [2.45, 2.75) is 63.5 Å². The van der Waals surface area contributed by atoms with E-state index in [1.165, 1.54) is 0 Å². The van der Waals surface area contributed by atoms with Crippen LogP contribution in [-0.4, -0.2) is 49.0 Å². The van der Waals surface area contributed by atoms with E-state index < -0.39 is 15.9 Å². The summed E-state index contributed by atoms with van der Waals surface area (Å²) in [7, 11) is -2.78. The van der Waals surface area contributed by atoms with E-state index in [-0.39, 0.29) is 16.5 Å². The van der Waals surface area contributed by atoms with Gasteiger partial charge in [-0.2, -0.15) is 0 Å². The quantitative estimate of drug-likeness (QED) is 0.791. The molecule has 1 saturated heterocycles. The van der Waals surface area contributed by atoms with Gasteiger partial charge in [0.25, 0.3) is 0 Å². The number of ether oxygens (including phenoxy) is 1. The van der Waals surface area contributed by atoms with E-state index in [0.29, 0.717) is 11.7 Å². The molecule has 1 aromatic heterocycles. The molecular weight excluding hydrogens is 372 g/mol. The summed E-state index contributed by atoms with van der Waals surface area (Å²) in [5.41, 5.74) is 0.582. The first-order valence-electron chi connectivity index (χ1n) is 9.34. The molecule has 9 heteroatoms. The molecule has 154 valence electrons. The molecule has 1 amide bonds. The summed E-state index contributed by atoms with van der Waals surface area (Å²) in [6.07, 6.45) is 3.57. The Morgan fingerprint density at radius 1 is 1.26 bits per heavy atom. The van der Waals surface area contributed by atoms with E-state index in [2.05, 4.69) is 10.5 Å². The molecule has 0 bridgehead atoms. The van der Waals surface area contributed by atoms with Gasteiger partial charge in [0.1, 0.15) is 0 Å². The summed E-state index contributed by atoms with van der Waals surface area (Å²) in [5, 5.41) is 14.2. The maximum absolute atomic E-state index is 11.8. The minimum atomic E-state index is -2.78. The van der Waals surface area contributed by atoms with Crippen LogP contribution in [0, 0.1) is 5.92 Å². The van der Waals surface area contributed by atoms with Gasteiger partial charge >= 0.3 is 6.09 Å². The summed E-state index contributed by atoms with van der Waals surface area (Å²) >= 11 is 0. The van der Waals surface area contributed by atoms with Crippen molar-refractivity contribution in [2.75, 3.05) is 24.3 Å². The van der Waals surface area contributed by atoms with E-state index in [1.54, 1.807) is 6.07 Å². The predicted octanol–water partition coefficient (Wildman–Crippen LogP) is 3.44. The fourth-order valence-corrected chi connectivity index (χ4v) is 5.21. The van der Waals surface area contributed by atoms with Crippen LogP contribution in [0.15, 0.2) is 10.6 Å². The van der Waals surface area contributed by atoms with E-state index >= 15 is 0 Å². The van der Waals surface area contributed by atoms with Crippen LogP contribution in [0.1, 0.15) is 58.6 Å². The highest BCUT2D eigenvalue weighted by molar-refractivity contribution is 7.92. The van der Waals surface area contributed by atoms with Crippen LogP contribution in [0.5, 0.6) is 0 Å². The maximum Gasteiger partial charge on any atom is 0.411 e. The summed E-state index contributed by atoms with van der Waals surface area (Å²) in [4.78, 5) is 10.2. The average molecular weight is 403 g/mol. The first-order valence-corrected chi connectivity index (χ1v) is 11.1. The van der Waals surface area contributed by atoms with Crippen molar-refractivity contribution in [3.05, 3.63) is 11.8 Å². The molecule has 0 spiro atoms. The molecule has 2 fully saturated rings. The van der Waals surface area contributed by atoms with Gasteiger partial charge in [0.05, 0.1) is 16.7 Å². The first kappa shape index (κ1) is 21.7. The SMILES string of the molecule is CC(C)(C)c1cc(NC(=O)O)on1.O=S(=O)(CC1CCOCC1)C1CCC1. The summed E-state index contributed by atoms with van der Waals surface area (Å²) in [6.45, 7) is 7.38. The van der Waals surface area contributed by atoms with Crippen molar-refractivity contribution in [2.24, 2.45) is 5.92 Å². The van der Waals surface area contributed by atoms with Crippen molar-refractivity contribution in [3.8, 4) is 0 Å². The van der Waals surface area contributed by atoms with Crippen LogP contribution < -0.4 is 5.32 Å². The third-order valence-electron chi connectivity index (χ3n) is 4.88. The Hall–Kier alpha value is -1.61. The molecule has 1 saturated carbocycles. The predicted molar refractivity (Wildman–Crippen MR) is 102 cm³/mol. The summed E-state index contributed by atoms with van der Waals surface area (Å²) < 4.78 is 33.7. The highest BCUT2D eigenvalue weighted by Crippen LogP contribution is 2.29. The van der Waals surface area contributed by atoms with Gasteiger partial charge in [-0.3, -0.25) is 5.32 Å². The highest BCUT2D eigenvalue weighted by Gasteiger charge is 2.33. The minimum Gasteiger partial charge on any atom is -0.465 e. The zero-order valence-electron chi connectivity index (χ0n) is 16.2. The van der Waals surface area contributed by atoms with Crippen LogP contribution in [0.25, 0.3) is 0 Å². The fraction of sp³-hybridized carbons (Fsp3) is 0.778. The Balaban J connectivity index is 0.000000194. The van der Waals surface area contributed by atoms with Gasteiger partial charge in [0.2, 0.25) is 5.88 Å². The number of rotatable bonds is 4. The molecule has 0 atom stereocenters. The van der Waals surface area contributed by atoms with Crippen molar-refractivity contribution >= 4 is 21.8 Å². The standard InChI is InChI=1S/C10H18O3S.C8H12N2O3/c11-14(12,10-2-1-3-10)8-9-4-6-13-7-5-9;1-8(2,3)5-4-6(13-10-5)9-7(11)12/h9-10H,1-8H2;4,9H,1-3H3,(H,11,12). The van der Waals surface area contributed by atoms with Crippen molar-refractivity contribution in [1.29, 1.82) is 0 Å². The Bertz CT molecular complexity index is 712. The monoisotopic (exact) mass is 402 g/mol. The number of amides is 1. The Labute approximate surface area is 160 Å². The number of carbonyl (C=O) groups is 1. The van der Waals surface area contributed by atoms with Crippen molar-refractivity contribution in [3.63, 3.8) is 0 Å². The molecule has 2 aliphatic rings. The summed E-state index contributed by atoms with van der Waals surface area (Å²) in [6, 6.07) is 1.58. The third-order valence-corrected chi connectivity index (χ3v) is 7.30. The highest BCUT2D eigenvalue weighted by atomic mass is 32.2. The number of sulfone groups is 1. The van der Waals surface area contributed by atoms with Gasteiger partial charge in [-0.1, -0.05) is 32.3 Å². The molecule has 1 aromatic rings. The molecule has 0 aromatic carbocycles. The molecule has 0 radical (unpaired) electrons. The molecule has 0 unspecified atom stereocenters. The van der Waals surface area contributed by atoms with Gasteiger partial charge in [0, 0.05) is 24.7 Å². The zero-order valence-corrected chi connectivity index (χ0v) is 17.0. The normalized spacial score (nSPS) is 18.9. The van der Waals surface area contributed by atoms with E-state index in [9.17, 15) is 13.2 Å². The molecule has 8 nitrogen and oxygen atoms in total. The molecule has 1 aliphatic heterocycles. The molecular formula is C18H30N2O6S. The Kier molecular flexibility index (Phi) is 7.27. The number of nitrogens with zero attached hydrogens (tertiary/aromatic N) is 1. The van der Waals surface area contributed by atoms with Gasteiger partial charge in [-0.05, 0) is 31.6 Å². The Morgan fingerprint density at radius 3 is 2.33 bits per heavy atom. The number of anilines is 1. The summed E-state index contributed by atoms with van der Waals surface area (Å²) in [5.74, 6) is 0.910. The largest absolute Gasteiger partial charge is 0.465 e. The van der Waals surface area contributed by atoms with Crippen LogP contribution in [-0.2, 0) is 20.0 Å². The van der Waals surface area contributed by atoms with Crippen LogP contribution in [0.3, 0.4) is 0 Å². The third kappa shape index (κ3) is 6.80. The van der Waals surface area contributed by atoms with Gasteiger partial charge in [-0.25, -0.2) is 13.2 Å². The number of aromatic nitrogens is 1. The van der Waals surface area contributed by atoms with Crippen LogP contribution >= 0.6 is 0 Å². The van der Waals surface area contributed by atoms with Crippen molar-refractivity contribution in [1.82, 2.24) is 5.16 Å². The lowest BCUT2D eigenvalue weighted by Gasteiger charge is -2.28.